The predicted octanol–water partition coefficient (Wildman–Crippen LogP) is 1.50. The van der Waals surface area contributed by atoms with Crippen molar-refractivity contribution in [3.63, 3.8) is 0 Å². The van der Waals surface area contributed by atoms with Crippen molar-refractivity contribution in [2.45, 2.75) is 25.2 Å². The predicted molar refractivity (Wildman–Crippen MR) is 75.4 cm³/mol. The molecule has 1 heterocycles. The summed E-state index contributed by atoms with van der Waals surface area (Å²) in [5.74, 6) is -0.0326. The lowest BCUT2D eigenvalue weighted by molar-refractivity contribution is -0.00282. The topological polar surface area (TPSA) is 70.4 Å². The third kappa shape index (κ3) is 3.57. The summed E-state index contributed by atoms with van der Waals surface area (Å²) < 4.78 is 31.7. The van der Waals surface area contributed by atoms with Crippen molar-refractivity contribution in [1.82, 2.24) is 4.31 Å². The summed E-state index contributed by atoms with van der Waals surface area (Å²) in [7, 11) is -3.33. The van der Waals surface area contributed by atoms with Crippen molar-refractivity contribution in [2.24, 2.45) is 0 Å². The molecule has 1 aromatic carbocycles. The lowest BCUT2D eigenvalue weighted by Gasteiger charge is -2.31. The number of morpholine rings is 1. The van der Waals surface area contributed by atoms with Gasteiger partial charge < -0.3 is 4.74 Å². The zero-order valence-electron chi connectivity index (χ0n) is 11.4. The molecule has 1 unspecified atom stereocenters. The van der Waals surface area contributed by atoms with E-state index >= 15 is 0 Å². The van der Waals surface area contributed by atoms with Gasteiger partial charge in [0.05, 0.1) is 30.1 Å². The van der Waals surface area contributed by atoms with Crippen LogP contribution < -0.4 is 0 Å². The number of hydrogen-bond donors (Lipinski definition) is 0. The lowest BCUT2D eigenvalue weighted by Crippen LogP contribution is -2.45. The summed E-state index contributed by atoms with van der Waals surface area (Å²) in [5, 5.41) is 8.73. The molecule has 0 radical (unpaired) electrons. The van der Waals surface area contributed by atoms with Crippen LogP contribution in [0.15, 0.2) is 24.3 Å². The van der Waals surface area contributed by atoms with Crippen molar-refractivity contribution in [2.75, 3.05) is 19.7 Å². The molecule has 0 aliphatic carbocycles. The first kappa shape index (κ1) is 15.0. The number of rotatable bonds is 4. The van der Waals surface area contributed by atoms with Crippen LogP contribution in [0.2, 0.25) is 0 Å². The SMILES string of the molecule is CCC1CN(S(=O)(=O)Cc2ccc(C#N)cc2)CCO1. The highest BCUT2D eigenvalue weighted by molar-refractivity contribution is 7.88. The van der Waals surface area contributed by atoms with Crippen molar-refractivity contribution in [3.05, 3.63) is 35.4 Å². The molecule has 5 nitrogen and oxygen atoms in total. The number of nitrogens with zero attached hydrogens (tertiary/aromatic N) is 2. The van der Waals surface area contributed by atoms with Gasteiger partial charge in [-0.3, -0.25) is 0 Å². The second-order valence-electron chi connectivity index (χ2n) is 4.82. The minimum absolute atomic E-state index is 0.0144. The smallest absolute Gasteiger partial charge is 0.218 e. The van der Waals surface area contributed by atoms with E-state index < -0.39 is 10.0 Å². The van der Waals surface area contributed by atoms with E-state index in [0.29, 0.717) is 30.8 Å². The molecule has 0 N–H and O–H groups in total. The molecule has 1 aromatic rings. The first-order valence-electron chi connectivity index (χ1n) is 6.63. The molecule has 1 aliphatic heterocycles. The molecule has 1 aliphatic rings. The minimum atomic E-state index is -3.33. The monoisotopic (exact) mass is 294 g/mol. The molecule has 1 atom stereocenters. The van der Waals surface area contributed by atoms with E-state index in [0.717, 1.165) is 6.42 Å². The van der Waals surface area contributed by atoms with Gasteiger partial charge in [-0.1, -0.05) is 19.1 Å². The average Bonchev–Trinajstić information content (AvgIpc) is 2.48. The van der Waals surface area contributed by atoms with Gasteiger partial charge in [0.2, 0.25) is 10.0 Å². The standard InChI is InChI=1S/C14H18N2O3S/c1-2-14-10-16(7-8-19-14)20(17,18)11-13-5-3-12(9-15)4-6-13/h3-6,14H,2,7-8,10-11H2,1H3. The summed E-state index contributed by atoms with van der Waals surface area (Å²) in [6.07, 6.45) is 0.794. The van der Waals surface area contributed by atoms with Crippen LogP contribution in [0.4, 0.5) is 0 Å². The van der Waals surface area contributed by atoms with E-state index in [1.807, 2.05) is 13.0 Å². The second kappa shape index (κ2) is 6.35. The van der Waals surface area contributed by atoms with E-state index in [2.05, 4.69) is 0 Å². The van der Waals surface area contributed by atoms with Crippen LogP contribution in [0.3, 0.4) is 0 Å². The van der Waals surface area contributed by atoms with Crippen molar-refractivity contribution < 1.29 is 13.2 Å². The normalized spacial score (nSPS) is 20.5. The van der Waals surface area contributed by atoms with Crippen LogP contribution >= 0.6 is 0 Å². The van der Waals surface area contributed by atoms with E-state index in [9.17, 15) is 8.42 Å². The molecule has 1 fully saturated rings. The van der Waals surface area contributed by atoms with Gasteiger partial charge in [-0.15, -0.1) is 0 Å². The van der Waals surface area contributed by atoms with Gasteiger partial charge in [-0.05, 0) is 24.1 Å². The van der Waals surface area contributed by atoms with Crippen LogP contribution in [-0.4, -0.2) is 38.5 Å². The maximum absolute atomic E-state index is 12.4. The number of ether oxygens (including phenoxy) is 1. The maximum atomic E-state index is 12.4. The van der Waals surface area contributed by atoms with Gasteiger partial charge in [-0.25, -0.2) is 8.42 Å². The molecule has 0 bridgehead atoms. The van der Waals surface area contributed by atoms with Crippen LogP contribution in [0.1, 0.15) is 24.5 Å². The third-order valence-corrected chi connectivity index (χ3v) is 5.20. The molecular weight excluding hydrogens is 276 g/mol. The first-order chi connectivity index (χ1) is 9.55. The fourth-order valence-corrected chi connectivity index (χ4v) is 3.71. The molecule has 1 saturated heterocycles. The highest BCUT2D eigenvalue weighted by atomic mass is 32.2. The largest absolute Gasteiger partial charge is 0.375 e. The zero-order valence-corrected chi connectivity index (χ0v) is 12.3. The highest BCUT2D eigenvalue weighted by Gasteiger charge is 2.28. The Labute approximate surface area is 119 Å². The molecule has 0 amide bonds. The van der Waals surface area contributed by atoms with Crippen molar-refractivity contribution in [3.8, 4) is 6.07 Å². The number of sulfonamides is 1. The third-order valence-electron chi connectivity index (χ3n) is 3.38. The van der Waals surface area contributed by atoms with E-state index in [4.69, 9.17) is 10.00 Å². The summed E-state index contributed by atoms with van der Waals surface area (Å²) in [5.41, 5.74) is 1.23. The summed E-state index contributed by atoms with van der Waals surface area (Å²) in [4.78, 5) is 0. The maximum Gasteiger partial charge on any atom is 0.218 e. The Kier molecular flexibility index (Phi) is 4.76. The van der Waals surface area contributed by atoms with Gasteiger partial charge in [-0.2, -0.15) is 9.57 Å². The molecular formula is C14H18N2O3S. The minimum Gasteiger partial charge on any atom is -0.375 e. The molecule has 0 saturated carbocycles. The van der Waals surface area contributed by atoms with Gasteiger partial charge in [0.15, 0.2) is 0 Å². The quantitative estimate of drug-likeness (QED) is 0.843. The van der Waals surface area contributed by atoms with Crippen LogP contribution in [0, 0.1) is 11.3 Å². The van der Waals surface area contributed by atoms with Crippen molar-refractivity contribution in [1.29, 1.82) is 5.26 Å². The Morgan fingerprint density at radius 3 is 2.70 bits per heavy atom. The molecule has 20 heavy (non-hydrogen) atoms. The van der Waals surface area contributed by atoms with E-state index in [1.54, 1.807) is 24.3 Å². The Balaban J connectivity index is 2.08. The average molecular weight is 294 g/mol. The highest BCUT2D eigenvalue weighted by Crippen LogP contribution is 2.16. The zero-order chi connectivity index (χ0) is 14.6. The second-order valence-corrected chi connectivity index (χ2v) is 6.79. The fourth-order valence-electron chi connectivity index (χ4n) is 2.17. The Morgan fingerprint density at radius 1 is 1.40 bits per heavy atom. The van der Waals surface area contributed by atoms with Gasteiger partial charge in [0.25, 0.3) is 0 Å². The Hall–Kier alpha value is -1.42. The molecule has 0 spiro atoms. The lowest BCUT2D eigenvalue weighted by atomic mass is 10.2. The van der Waals surface area contributed by atoms with Gasteiger partial charge in [0, 0.05) is 13.1 Å². The summed E-state index contributed by atoms with van der Waals surface area (Å²) in [6, 6.07) is 8.67. The molecule has 2 rings (SSSR count). The van der Waals surface area contributed by atoms with Crippen molar-refractivity contribution >= 4 is 10.0 Å². The number of nitriles is 1. The molecule has 108 valence electrons. The van der Waals surface area contributed by atoms with E-state index in [1.165, 1.54) is 4.31 Å². The van der Waals surface area contributed by atoms with Gasteiger partial charge in [0.1, 0.15) is 0 Å². The summed E-state index contributed by atoms with van der Waals surface area (Å²) >= 11 is 0. The number of hydrogen-bond acceptors (Lipinski definition) is 4. The van der Waals surface area contributed by atoms with Crippen LogP contribution in [0.5, 0.6) is 0 Å². The Bertz CT molecular complexity index is 590. The fraction of sp³-hybridized carbons (Fsp3) is 0.500. The van der Waals surface area contributed by atoms with Crippen LogP contribution in [-0.2, 0) is 20.5 Å². The Morgan fingerprint density at radius 2 is 2.10 bits per heavy atom. The molecule has 6 heteroatoms. The number of benzene rings is 1. The molecule has 0 aromatic heterocycles. The van der Waals surface area contributed by atoms with E-state index in [-0.39, 0.29) is 11.9 Å². The van der Waals surface area contributed by atoms with Gasteiger partial charge >= 0.3 is 0 Å². The first-order valence-corrected chi connectivity index (χ1v) is 8.24. The summed E-state index contributed by atoms with van der Waals surface area (Å²) in [6.45, 7) is 3.27. The van der Waals surface area contributed by atoms with Crippen LogP contribution in [0.25, 0.3) is 0 Å².